The van der Waals surface area contributed by atoms with Crippen LogP contribution in [0.1, 0.15) is 6.92 Å². The van der Waals surface area contributed by atoms with E-state index in [1.54, 1.807) is 6.92 Å². The predicted octanol–water partition coefficient (Wildman–Crippen LogP) is -0.0732. The van der Waals surface area contributed by atoms with Gasteiger partial charge in [-0.1, -0.05) is 0 Å². The molecule has 0 rings (SSSR count). The molecule has 0 amide bonds. The zero-order valence-electron chi connectivity index (χ0n) is 5.75. The van der Waals surface area contributed by atoms with Crippen LogP contribution in [0.2, 0.25) is 0 Å². The Morgan fingerprint density at radius 2 is 1.80 bits per heavy atom. The van der Waals surface area contributed by atoms with Crippen molar-refractivity contribution in [2.75, 3.05) is 13.2 Å². The molecule has 0 aromatic carbocycles. The molecule has 0 aliphatic heterocycles. The second-order valence-electron chi connectivity index (χ2n) is 1.36. The molecule has 0 fully saturated rings. The summed E-state index contributed by atoms with van der Waals surface area (Å²) < 4.78 is 8.55. The lowest BCUT2D eigenvalue weighted by Gasteiger charge is -1.97. The lowest BCUT2D eigenvalue weighted by molar-refractivity contribution is -0.166. The molecule has 0 aromatic heterocycles. The van der Waals surface area contributed by atoms with Gasteiger partial charge in [-0.15, -0.1) is 0 Å². The molecule has 0 atom stereocenters. The van der Waals surface area contributed by atoms with Crippen molar-refractivity contribution in [2.24, 2.45) is 0 Å². The normalized spacial score (nSPS) is 8.50. The molecule has 10 heavy (non-hydrogen) atoms. The minimum Gasteiger partial charge on any atom is -0.458 e. The largest absolute Gasteiger partial charge is 0.458 e. The van der Waals surface area contributed by atoms with Crippen molar-refractivity contribution in [1.29, 1.82) is 0 Å². The number of carbonyl (C=O) groups is 2. The number of carbonyl (C=O) groups excluding carboxylic acids is 2. The summed E-state index contributed by atoms with van der Waals surface area (Å²) in [4.78, 5) is 20.8. The Labute approximate surface area is 59.1 Å². The van der Waals surface area contributed by atoms with Gasteiger partial charge in [0, 0.05) is 0 Å². The van der Waals surface area contributed by atoms with E-state index < -0.39 is 11.9 Å². The third kappa shape index (κ3) is 2.96. The fraction of sp³-hybridized carbons (Fsp3) is 0.500. The first-order valence-electron chi connectivity index (χ1n) is 2.85. The van der Waals surface area contributed by atoms with Gasteiger partial charge in [-0.2, -0.15) is 0 Å². The van der Waals surface area contributed by atoms with Crippen LogP contribution in [0, 0.1) is 6.92 Å². The first kappa shape index (κ1) is 8.81. The van der Waals surface area contributed by atoms with Crippen LogP contribution in [0.3, 0.4) is 0 Å². The van der Waals surface area contributed by atoms with Crippen molar-refractivity contribution in [1.82, 2.24) is 0 Å². The lowest BCUT2D eigenvalue weighted by Crippen LogP contribution is -2.19. The van der Waals surface area contributed by atoms with Crippen LogP contribution < -0.4 is 0 Å². The molecule has 0 unspecified atom stereocenters. The molecule has 0 heterocycles. The molecule has 0 bridgehead atoms. The maximum absolute atomic E-state index is 10.4. The first-order chi connectivity index (χ1) is 4.72. The number of ether oxygens (including phenoxy) is 2. The fourth-order valence-corrected chi connectivity index (χ4v) is 0.342. The second kappa shape index (κ2) is 4.67. The molecular weight excluding hydrogens is 136 g/mol. The average Bonchev–Trinajstić information content (AvgIpc) is 1.89. The Bertz CT molecular complexity index is 114. The fourth-order valence-electron chi connectivity index (χ4n) is 0.342. The van der Waals surface area contributed by atoms with Crippen molar-refractivity contribution in [2.45, 2.75) is 6.92 Å². The van der Waals surface area contributed by atoms with E-state index >= 15 is 0 Å². The van der Waals surface area contributed by atoms with Gasteiger partial charge in [0.1, 0.15) is 6.92 Å². The summed E-state index contributed by atoms with van der Waals surface area (Å²) in [5, 5.41) is 0. The molecule has 0 N–H and O–H groups in total. The first-order valence-corrected chi connectivity index (χ1v) is 2.85. The molecule has 0 aliphatic carbocycles. The SMILES string of the molecule is [CH2+]COC(=O)C(=O)OCC. The van der Waals surface area contributed by atoms with Crippen molar-refractivity contribution in [3.8, 4) is 0 Å². The molecule has 0 saturated heterocycles. The van der Waals surface area contributed by atoms with E-state index in [0.717, 1.165) is 0 Å². The van der Waals surface area contributed by atoms with Crippen molar-refractivity contribution >= 4 is 11.9 Å². The maximum Gasteiger partial charge on any atom is 0.420 e. The minimum atomic E-state index is -0.989. The summed E-state index contributed by atoms with van der Waals surface area (Å²) in [6.07, 6.45) is 0. The molecule has 0 saturated carbocycles. The average molecular weight is 145 g/mol. The molecular formula is C6H9O4+. The Hall–Kier alpha value is -1.19. The summed E-state index contributed by atoms with van der Waals surface area (Å²) >= 11 is 0. The molecule has 0 aliphatic rings. The summed E-state index contributed by atoms with van der Waals surface area (Å²) in [7, 11) is 0. The van der Waals surface area contributed by atoms with Crippen LogP contribution in [0.4, 0.5) is 0 Å². The van der Waals surface area contributed by atoms with E-state index in [1.165, 1.54) is 0 Å². The summed E-state index contributed by atoms with van der Waals surface area (Å²) in [6.45, 7) is 4.94. The van der Waals surface area contributed by atoms with Gasteiger partial charge in [0.25, 0.3) is 0 Å². The maximum atomic E-state index is 10.4. The quantitative estimate of drug-likeness (QED) is 0.310. The van der Waals surface area contributed by atoms with E-state index in [0.29, 0.717) is 0 Å². The summed E-state index contributed by atoms with van der Waals surface area (Å²) in [5.74, 6) is -1.96. The number of rotatable bonds is 2. The van der Waals surface area contributed by atoms with Gasteiger partial charge in [-0.25, -0.2) is 9.59 Å². The summed E-state index contributed by atoms with van der Waals surface area (Å²) in [6, 6.07) is 0. The lowest BCUT2D eigenvalue weighted by atomic mass is 10.7. The van der Waals surface area contributed by atoms with E-state index in [9.17, 15) is 9.59 Å². The Kier molecular flexibility index (Phi) is 4.11. The highest BCUT2D eigenvalue weighted by Crippen LogP contribution is 1.82. The third-order valence-electron chi connectivity index (χ3n) is 0.675. The van der Waals surface area contributed by atoms with Crippen molar-refractivity contribution in [3.63, 3.8) is 0 Å². The molecule has 0 aromatic rings. The van der Waals surface area contributed by atoms with Gasteiger partial charge in [-0.3, -0.25) is 0 Å². The van der Waals surface area contributed by atoms with Gasteiger partial charge in [0.15, 0.2) is 0 Å². The van der Waals surface area contributed by atoms with Crippen LogP contribution in [-0.2, 0) is 19.1 Å². The van der Waals surface area contributed by atoms with Crippen LogP contribution in [0.5, 0.6) is 0 Å². The zero-order chi connectivity index (χ0) is 7.98. The van der Waals surface area contributed by atoms with Crippen LogP contribution in [0.25, 0.3) is 0 Å². The predicted molar refractivity (Wildman–Crippen MR) is 32.9 cm³/mol. The molecule has 56 valence electrons. The second-order valence-corrected chi connectivity index (χ2v) is 1.36. The van der Waals surface area contributed by atoms with Gasteiger partial charge >= 0.3 is 11.9 Å². The smallest absolute Gasteiger partial charge is 0.420 e. The zero-order valence-corrected chi connectivity index (χ0v) is 5.75. The number of hydrogen-bond acceptors (Lipinski definition) is 4. The van der Waals surface area contributed by atoms with Crippen LogP contribution in [0.15, 0.2) is 0 Å². The Morgan fingerprint density at radius 1 is 1.30 bits per heavy atom. The van der Waals surface area contributed by atoms with Gasteiger partial charge in [0.2, 0.25) is 6.61 Å². The van der Waals surface area contributed by atoms with E-state index in [2.05, 4.69) is 16.4 Å². The third-order valence-corrected chi connectivity index (χ3v) is 0.675. The topological polar surface area (TPSA) is 52.6 Å². The molecule has 4 nitrogen and oxygen atoms in total. The van der Waals surface area contributed by atoms with E-state index in [1.807, 2.05) is 0 Å². The molecule has 4 heteroatoms. The van der Waals surface area contributed by atoms with Gasteiger partial charge in [0.05, 0.1) is 6.61 Å². The Morgan fingerprint density at radius 3 is 2.20 bits per heavy atom. The monoisotopic (exact) mass is 145 g/mol. The van der Waals surface area contributed by atoms with Crippen molar-refractivity contribution < 1.29 is 19.1 Å². The number of hydrogen-bond donors (Lipinski definition) is 0. The highest BCUT2D eigenvalue weighted by Gasteiger charge is 2.15. The standard InChI is InChI=1S/C6H9O4/c1-3-9-5(7)6(8)10-4-2/h1,3-4H2,2H3/q+1. The highest BCUT2D eigenvalue weighted by molar-refractivity contribution is 6.29. The highest BCUT2D eigenvalue weighted by atomic mass is 16.6. The molecule has 0 radical (unpaired) electrons. The number of esters is 2. The molecule has 0 spiro atoms. The van der Waals surface area contributed by atoms with Crippen molar-refractivity contribution in [3.05, 3.63) is 6.92 Å². The van der Waals surface area contributed by atoms with Gasteiger partial charge < -0.3 is 9.47 Å². The summed E-state index contributed by atoms with van der Waals surface area (Å²) in [5.41, 5.74) is 0. The van der Waals surface area contributed by atoms with E-state index in [4.69, 9.17) is 0 Å². The van der Waals surface area contributed by atoms with E-state index in [-0.39, 0.29) is 13.2 Å². The van der Waals surface area contributed by atoms with Crippen LogP contribution in [-0.4, -0.2) is 25.2 Å². The minimum absolute atomic E-state index is 0.0579. The van der Waals surface area contributed by atoms with Gasteiger partial charge in [-0.05, 0) is 6.92 Å². The Balaban J connectivity index is 3.60. The van der Waals surface area contributed by atoms with Crippen LogP contribution >= 0.6 is 0 Å².